The van der Waals surface area contributed by atoms with E-state index in [9.17, 15) is 8.42 Å². The van der Waals surface area contributed by atoms with Crippen LogP contribution in [-0.4, -0.2) is 56.5 Å². The summed E-state index contributed by atoms with van der Waals surface area (Å²) in [4.78, 5) is 6.35. The number of nitrogens with zero attached hydrogens (tertiary/aromatic N) is 3. The van der Waals surface area contributed by atoms with Gasteiger partial charge in [-0.2, -0.15) is 0 Å². The van der Waals surface area contributed by atoms with Gasteiger partial charge in [0.2, 0.25) is 15.0 Å². The number of sulfone groups is 1. The summed E-state index contributed by atoms with van der Waals surface area (Å²) in [6, 6.07) is 8.07. The van der Waals surface area contributed by atoms with Crippen LogP contribution in [0, 0.1) is 0 Å². The molecule has 8 heteroatoms. The molecule has 0 fully saturated rings. The lowest BCUT2D eigenvalue weighted by atomic mass is 10.1. The molecule has 0 N–H and O–H groups in total. The normalized spacial score (nSPS) is 13.1. The van der Waals surface area contributed by atoms with Crippen molar-refractivity contribution < 1.29 is 17.9 Å². The summed E-state index contributed by atoms with van der Waals surface area (Å²) in [6.07, 6.45) is 1.65. The third-order valence-corrected chi connectivity index (χ3v) is 6.37. The van der Waals surface area contributed by atoms with Crippen molar-refractivity contribution >= 4 is 9.84 Å². The van der Waals surface area contributed by atoms with Crippen LogP contribution >= 0.6 is 0 Å². The van der Waals surface area contributed by atoms with Gasteiger partial charge in [-0.1, -0.05) is 19.1 Å². The predicted molar refractivity (Wildman–Crippen MR) is 105 cm³/mol. The number of hydrogen-bond acceptors (Lipinski definition) is 6. The second-order valence-electron chi connectivity index (χ2n) is 6.45. The standard InChI is InChI=1S/C19H29N3O4S/c1-6-27(23,24)19-20-13-17(22(19)10-11-25-4)14-21(3)15(2)16-8-7-9-18(12-16)26-5/h7-9,12-13,15H,6,10-11,14H2,1-5H3/t15-/m0/s1. The zero-order valence-corrected chi connectivity index (χ0v) is 17.5. The molecule has 0 radical (unpaired) electrons. The number of aromatic nitrogens is 2. The monoisotopic (exact) mass is 395 g/mol. The van der Waals surface area contributed by atoms with E-state index in [1.54, 1.807) is 31.9 Å². The third kappa shape index (κ3) is 5.09. The summed E-state index contributed by atoms with van der Waals surface area (Å²) < 4.78 is 36.9. The summed E-state index contributed by atoms with van der Waals surface area (Å²) in [5.41, 5.74) is 1.97. The first-order valence-electron chi connectivity index (χ1n) is 8.94. The second-order valence-corrected chi connectivity index (χ2v) is 8.62. The van der Waals surface area contributed by atoms with Crippen molar-refractivity contribution in [3.8, 4) is 5.75 Å². The fourth-order valence-electron chi connectivity index (χ4n) is 2.87. The molecule has 1 aromatic carbocycles. The van der Waals surface area contributed by atoms with Gasteiger partial charge < -0.3 is 14.0 Å². The zero-order chi connectivity index (χ0) is 20.0. The average molecular weight is 396 g/mol. The maximum Gasteiger partial charge on any atom is 0.227 e. The van der Waals surface area contributed by atoms with Crippen molar-refractivity contribution in [1.29, 1.82) is 0 Å². The Bertz CT molecular complexity index is 848. The minimum Gasteiger partial charge on any atom is -0.497 e. The molecule has 0 saturated carbocycles. The highest BCUT2D eigenvalue weighted by atomic mass is 32.2. The van der Waals surface area contributed by atoms with Crippen LogP contribution in [-0.2, 0) is 27.7 Å². The van der Waals surface area contributed by atoms with Crippen molar-refractivity contribution in [1.82, 2.24) is 14.5 Å². The van der Waals surface area contributed by atoms with Gasteiger partial charge in [0.15, 0.2) is 0 Å². The number of imidazole rings is 1. The number of rotatable bonds is 10. The molecule has 2 rings (SSSR count). The maximum atomic E-state index is 12.4. The molecule has 0 aliphatic heterocycles. The number of ether oxygens (including phenoxy) is 2. The summed E-state index contributed by atoms with van der Waals surface area (Å²) >= 11 is 0. The van der Waals surface area contributed by atoms with E-state index in [0.29, 0.717) is 19.7 Å². The Morgan fingerprint density at radius 3 is 2.67 bits per heavy atom. The molecule has 0 bridgehead atoms. The Morgan fingerprint density at radius 1 is 1.30 bits per heavy atom. The highest BCUT2D eigenvalue weighted by Gasteiger charge is 2.23. The largest absolute Gasteiger partial charge is 0.497 e. The average Bonchev–Trinajstić information content (AvgIpc) is 3.08. The predicted octanol–water partition coefficient (Wildman–Crippen LogP) is 2.52. The van der Waals surface area contributed by atoms with Gasteiger partial charge in [0.1, 0.15) is 5.75 Å². The molecule has 0 aliphatic carbocycles. The first-order chi connectivity index (χ1) is 12.8. The van der Waals surface area contributed by atoms with Gasteiger partial charge in [0.05, 0.1) is 31.4 Å². The van der Waals surface area contributed by atoms with Crippen LogP contribution in [0.5, 0.6) is 5.75 Å². The number of methoxy groups -OCH3 is 2. The molecule has 0 saturated heterocycles. The summed E-state index contributed by atoms with van der Waals surface area (Å²) in [6.45, 7) is 5.16. The van der Waals surface area contributed by atoms with Gasteiger partial charge in [-0.05, 0) is 31.7 Å². The Labute approximate surface area is 161 Å². The van der Waals surface area contributed by atoms with Crippen molar-refractivity contribution in [2.24, 2.45) is 0 Å². The third-order valence-electron chi connectivity index (χ3n) is 4.73. The minimum absolute atomic E-state index is 0.0203. The van der Waals surface area contributed by atoms with Gasteiger partial charge in [-0.25, -0.2) is 13.4 Å². The van der Waals surface area contributed by atoms with E-state index in [2.05, 4.69) is 22.9 Å². The van der Waals surface area contributed by atoms with Gasteiger partial charge in [-0.15, -0.1) is 0 Å². The lowest BCUT2D eigenvalue weighted by molar-refractivity contribution is 0.180. The van der Waals surface area contributed by atoms with E-state index in [1.165, 1.54) is 0 Å². The lowest BCUT2D eigenvalue weighted by Crippen LogP contribution is -2.25. The summed E-state index contributed by atoms with van der Waals surface area (Å²) in [5.74, 6) is 0.834. The summed E-state index contributed by atoms with van der Waals surface area (Å²) in [5, 5.41) is 0.111. The van der Waals surface area contributed by atoms with Crippen LogP contribution in [0.4, 0.5) is 0 Å². The lowest BCUT2D eigenvalue weighted by Gasteiger charge is -2.26. The molecule has 150 valence electrons. The molecule has 1 atom stereocenters. The first-order valence-corrected chi connectivity index (χ1v) is 10.6. The minimum atomic E-state index is -3.39. The van der Waals surface area contributed by atoms with Gasteiger partial charge in [-0.3, -0.25) is 4.90 Å². The van der Waals surface area contributed by atoms with Crippen LogP contribution in [0.2, 0.25) is 0 Å². The van der Waals surface area contributed by atoms with Crippen molar-refractivity contribution in [3.63, 3.8) is 0 Å². The van der Waals surface area contributed by atoms with Crippen LogP contribution in [0.1, 0.15) is 31.1 Å². The van der Waals surface area contributed by atoms with Crippen molar-refractivity contribution in [2.75, 3.05) is 33.6 Å². The molecule has 2 aromatic rings. The number of hydrogen-bond donors (Lipinski definition) is 0. The van der Waals surface area contributed by atoms with Crippen molar-refractivity contribution in [2.45, 2.75) is 38.1 Å². The Kier molecular flexibility index (Phi) is 7.41. The van der Waals surface area contributed by atoms with E-state index in [-0.39, 0.29) is 17.0 Å². The molecule has 1 aromatic heterocycles. The van der Waals surface area contributed by atoms with Crippen LogP contribution in [0.3, 0.4) is 0 Å². The molecule has 0 amide bonds. The van der Waals surface area contributed by atoms with Crippen LogP contribution in [0.15, 0.2) is 35.6 Å². The van der Waals surface area contributed by atoms with E-state index in [4.69, 9.17) is 9.47 Å². The first kappa shape index (κ1) is 21.4. The highest BCUT2D eigenvalue weighted by molar-refractivity contribution is 7.91. The van der Waals surface area contributed by atoms with E-state index in [0.717, 1.165) is 17.0 Å². The number of benzene rings is 1. The topological polar surface area (TPSA) is 73.7 Å². The Morgan fingerprint density at radius 2 is 2.04 bits per heavy atom. The molecule has 0 aliphatic rings. The van der Waals surface area contributed by atoms with Crippen LogP contribution < -0.4 is 4.74 Å². The van der Waals surface area contributed by atoms with Gasteiger partial charge in [0, 0.05) is 26.2 Å². The van der Waals surface area contributed by atoms with E-state index in [1.807, 2.05) is 25.2 Å². The molecule has 27 heavy (non-hydrogen) atoms. The molecular formula is C19H29N3O4S. The van der Waals surface area contributed by atoms with Gasteiger partial charge in [0.25, 0.3) is 0 Å². The van der Waals surface area contributed by atoms with Crippen molar-refractivity contribution in [3.05, 3.63) is 41.7 Å². The molecule has 7 nitrogen and oxygen atoms in total. The molecule has 0 spiro atoms. The Balaban J connectivity index is 2.27. The highest BCUT2D eigenvalue weighted by Crippen LogP contribution is 2.25. The zero-order valence-electron chi connectivity index (χ0n) is 16.7. The maximum absolute atomic E-state index is 12.4. The van der Waals surface area contributed by atoms with Gasteiger partial charge >= 0.3 is 0 Å². The fraction of sp³-hybridized carbons (Fsp3) is 0.526. The SMILES string of the molecule is CCS(=O)(=O)c1ncc(CN(C)[C@@H](C)c2cccc(OC)c2)n1CCOC. The second kappa shape index (κ2) is 9.34. The molecule has 1 heterocycles. The summed E-state index contributed by atoms with van der Waals surface area (Å²) in [7, 11) is 1.86. The Hall–Kier alpha value is -1.90. The quantitative estimate of drug-likeness (QED) is 0.615. The van der Waals surface area contributed by atoms with Crippen LogP contribution in [0.25, 0.3) is 0 Å². The smallest absolute Gasteiger partial charge is 0.227 e. The fourth-order valence-corrected chi connectivity index (χ4v) is 3.88. The molecule has 0 unspecified atom stereocenters. The van der Waals surface area contributed by atoms with E-state index >= 15 is 0 Å². The molecular weight excluding hydrogens is 366 g/mol. The van der Waals surface area contributed by atoms with E-state index < -0.39 is 9.84 Å².